The first kappa shape index (κ1) is 16.7. The van der Waals surface area contributed by atoms with Gasteiger partial charge in [0.05, 0.1) is 6.07 Å². The first-order valence-corrected chi connectivity index (χ1v) is 8.62. The molecule has 2 atom stereocenters. The van der Waals surface area contributed by atoms with Crippen molar-refractivity contribution >= 4 is 0 Å². The second-order valence-electron chi connectivity index (χ2n) is 7.30. The van der Waals surface area contributed by atoms with Gasteiger partial charge in [-0.3, -0.25) is 10.2 Å². The zero-order chi connectivity index (χ0) is 15.5. The highest BCUT2D eigenvalue weighted by atomic mass is 15.3. The van der Waals surface area contributed by atoms with Crippen molar-refractivity contribution in [2.75, 3.05) is 33.2 Å². The predicted octanol–water partition coefficient (Wildman–Crippen LogP) is 2.07. The smallest absolute Gasteiger partial charge is 0.122 e. The molecule has 1 saturated heterocycles. The maximum atomic E-state index is 9.90. The van der Waals surface area contributed by atoms with Crippen LogP contribution in [0.25, 0.3) is 0 Å². The highest BCUT2D eigenvalue weighted by Crippen LogP contribution is 2.40. The van der Waals surface area contributed by atoms with Gasteiger partial charge in [0.25, 0.3) is 0 Å². The van der Waals surface area contributed by atoms with Crippen LogP contribution in [-0.2, 0) is 0 Å². The quantitative estimate of drug-likeness (QED) is 0.814. The fourth-order valence-electron chi connectivity index (χ4n) is 3.75. The minimum absolute atomic E-state index is 0.343. The molecule has 1 aliphatic heterocycles. The molecule has 1 N–H and O–H groups in total. The lowest BCUT2D eigenvalue weighted by molar-refractivity contribution is 0.134. The van der Waals surface area contributed by atoms with Gasteiger partial charge in [-0.05, 0) is 65.6 Å². The van der Waals surface area contributed by atoms with E-state index in [0.717, 1.165) is 26.1 Å². The number of hydrogen-bond donors (Lipinski definition) is 1. The van der Waals surface area contributed by atoms with E-state index in [4.69, 9.17) is 0 Å². The minimum atomic E-state index is -0.343. The third-order valence-corrected chi connectivity index (χ3v) is 4.97. The van der Waals surface area contributed by atoms with Gasteiger partial charge in [0.1, 0.15) is 5.54 Å². The third-order valence-electron chi connectivity index (χ3n) is 4.97. The summed E-state index contributed by atoms with van der Waals surface area (Å²) in [6.07, 6.45) is 4.79. The zero-order valence-electron chi connectivity index (χ0n) is 14.2. The van der Waals surface area contributed by atoms with Crippen molar-refractivity contribution < 1.29 is 0 Å². The summed E-state index contributed by atoms with van der Waals surface area (Å²) in [5.41, 5.74) is -0.343. The van der Waals surface area contributed by atoms with Gasteiger partial charge < -0.3 is 4.90 Å². The number of nitrogens with zero attached hydrogens (tertiary/aromatic N) is 3. The van der Waals surface area contributed by atoms with E-state index < -0.39 is 0 Å². The molecular weight excluding hydrogens is 260 g/mol. The normalized spacial score (nSPS) is 28.1. The van der Waals surface area contributed by atoms with Gasteiger partial charge in [-0.15, -0.1) is 0 Å². The van der Waals surface area contributed by atoms with E-state index in [9.17, 15) is 5.26 Å². The SMILES string of the molecule is CCC1CN(C)CCCN1CC(C#N)(NC(C)C)C1CC1. The van der Waals surface area contributed by atoms with E-state index in [1.54, 1.807) is 0 Å². The fourth-order valence-corrected chi connectivity index (χ4v) is 3.75. The van der Waals surface area contributed by atoms with Crippen molar-refractivity contribution in [3.63, 3.8) is 0 Å². The van der Waals surface area contributed by atoms with Gasteiger partial charge in [-0.2, -0.15) is 5.26 Å². The Balaban J connectivity index is 2.12. The van der Waals surface area contributed by atoms with Crippen molar-refractivity contribution in [2.24, 2.45) is 5.92 Å². The summed E-state index contributed by atoms with van der Waals surface area (Å²) in [7, 11) is 2.22. The number of rotatable bonds is 6. The lowest BCUT2D eigenvalue weighted by Gasteiger charge is -2.39. The van der Waals surface area contributed by atoms with E-state index >= 15 is 0 Å². The fraction of sp³-hybridized carbons (Fsp3) is 0.941. The van der Waals surface area contributed by atoms with Crippen LogP contribution in [-0.4, -0.2) is 60.6 Å². The molecule has 4 heteroatoms. The number of nitrogens with one attached hydrogen (secondary N) is 1. The average molecular weight is 292 g/mol. The van der Waals surface area contributed by atoms with E-state index in [1.807, 2.05) is 0 Å². The Hall–Kier alpha value is -0.630. The van der Waals surface area contributed by atoms with Gasteiger partial charge in [0, 0.05) is 25.2 Å². The summed E-state index contributed by atoms with van der Waals surface area (Å²) >= 11 is 0. The number of likely N-dealkylation sites (N-methyl/N-ethyl adjacent to an activating group) is 1. The first-order valence-electron chi connectivity index (χ1n) is 8.62. The third kappa shape index (κ3) is 4.18. The van der Waals surface area contributed by atoms with Crippen molar-refractivity contribution in [2.45, 2.75) is 64.1 Å². The Labute approximate surface area is 130 Å². The number of nitriles is 1. The molecular formula is C17H32N4. The maximum Gasteiger partial charge on any atom is 0.122 e. The van der Waals surface area contributed by atoms with Crippen LogP contribution in [0.15, 0.2) is 0 Å². The van der Waals surface area contributed by atoms with E-state index in [2.05, 4.69) is 49.0 Å². The molecule has 0 bridgehead atoms. The average Bonchev–Trinajstić information content (AvgIpc) is 3.26. The largest absolute Gasteiger partial charge is 0.305 e. The van der Waals surface area contributed by atoms with Gasteiger partial charge >= 0.3 is 0 Å². The Kier molecular flexibility index (Phi) is 5.65. The van der Waals surface area contributed by atoms with Crippen LogP contribution in [0.3, 0.4) is 0 Å². The molecule has 2 unspecified atom stereocenters. The number of hydrogen-bond acceptors (Lipinski definition) is 4. The molecule has 21 heavy (non-hydrogen) atoms. The van der Waals surface area contributed by atoms with Gasteiger partial charge in [-0.25, -0.2) is 0 Å². The van der Waals surface area contributed by atoms with Crippen LogP contribution in [0.5, 0.6) is 0 Å². The summed E-state index contributed by atoms with van der Waals surface area (Å²) in [4.78, 5) is 5.02. The van der Waals surface area contributed by atoms with Crippen LogP contribution in [0.2, 0.25) is 0 Å². The van der Waals surface area contributed by atoms with Crippen LogP contribution in [0.1, 0.15) is 46.5 Å². The highest BCUT2D eigenvalue weighted by Gasteiger charge is 2.47. The summed E-state index contributed by atoms with van der Waals surface area (Å²) in [6, 6.07) is 3.61. The Morgan fingerprint density at radius 1 is 1.33 bits per heavy atom. The van der Waals surface area contributed by atoms with Crippen LogP contribution < -0.4 is 5.32 Å². The molecule has 1 aliphatic carbocycles. The van der Waals surface area contributed by atoms with Crippen LogP contribution in [0.4, 0.5) is 0 Å². The maximum absolute atomic E-state index is 9.90. The predicted molar refractivity (Wildman–Crippen MR) is 87.1 cm³/mol. The van der Waals surface area contributed by atoms with Gasteiger partial charge in [0.15, 0.2) is 0 Å². The van der Waals surface area contributed by atoms with E-state index in [1.165, 1.54) is 25.8 Å². The molecule has 2 aliphatic rings. The Bertz CT molecular complexity index is 371. The Morgan fingerprint density at radius 3 is 2.57 bits per heavy atom. The van der Waals surface area contributed by atoms with Crippen molar-refractivity contribution in [1.29, 1.82) is 5.26 Å². The second-order valence-corrected chi connectivity index (χ2v) is 7.30. The molecule has 120 valence electrons. The molecule has 4 nitrogen and oxygen atoms in total. The molecule has 0 spiro atoms. The summed E-state index contributed by atoms with van der Waals surface area (Å²) in [5, 5.41) is 13.5. The topological polar surface area (TPSA) is 42.3 Å². The second kappa shape index (κ2) is 7.09. The van der Waals surface area contributed by atoms with Crippen molar-refractivity contribution in [1.82, 2.24) is 15.1 Å². The van der Waals surface area contributed by atoms with Gasteiger partial charge in [-0.1, -0.05) is 6.92 Å². The molecule has 2 fully saturated rings. The molecule has 2 rings (SSSR count). The van der Waals surface area contributed by atoms with Gasteiger partial charge in [0.2, 0.25) is 0 Å². The monoisotopic (exact) mass is 292 g/mol. The summed E-state index contributed by atoms with van der Waals surface area (Å²) in [6.45, 7) is 10.9. The molecule has 1 heterocycles. The lowest BCUT2D eigenvalue weighted by Crippen LogP contribution is -2.58. The highest BCUT2D eigenvalue weighted by molar-refractivity contribution is 5.17. The van der Waals surface area contributed by atoms with Crippen LogP contribution in [0, 0.1) is 17.2 Å². The Morgan fingerprint density at radius 2 is 2.05 bits per heavy atom. The molecule has 0 amide bonds. The van der Waals surface area contributed by atoms with Crippen molar-refractivity contribution in [3.8, 4) is 6.07 Å². The van der Waals surface area contributed by atoms with E-state index in [0.29, 0.717) is 18.0 Å². The van der Waals surface area contributed by atoms with E-state index in [-0.39, 0.29) is 5.54 Å². The first-order chi connectivity index (χ1) is 10.0. The molecule has 1 saturated carbocycles. The van der Waals surface area contributed by atoms with Crippen LogP contribution >= 0.6 is 0 Å². The minimum Gasteiger partial charge on any atom is -0.305 e. The summed E-state index contributed by atoms with van der Waals surface area (Å²) < 4.78 is 0. The molecule has 0 aromatic rings. The summed E-state index contributed by atoms with van der Waals surface area (Å²) in [5.74, 6) is 0.545. The molecule has 0 aromatic carbocycles. The zero-order valence-corrected chi connectivity index (χ0v) is 14.2. The van der Waals surface area contributed by atoms with Crippen molar-refractivity contribution in [3.05, 3.63) is 0 Å². The molecule has 0 radical (unpaired) electrons. The standard InChI is InChI=1S/C17H32N4/c1-5-16-11-20(4)9-6-10-21(16)13-17(12-18,15-7-8-15)19-14(2)3/h14-16,19H,5-11,13H2,1-4H3. The molecule has 0 aromatic heterocycles. The lowest BCUT2D eigenvalue weighted by atomic mass is 9.92.